The Bertz CT molecular complexity index is 951. The molecule has 7 nitrogen and oxygen atoms in total. The van der Waals surface area contributed by atoms with Crippen LogP contribution in [0.3, 0.4) is 0 Å². The van der Waals surface area contributed by atoms with Crippen LogP contribution in [0.25, 0.3) is 0 Å². The first-order chi connectivity index (χ1) is 14.3. The molecule has 1 amide bonds. The number of carbonyl (C=O) groups excluding carboxylic acids is 1. The average molecular weight is 432 g/mol. The van der Waals surface area contributed by atoms with Crippen LogP contribution in [0, 0.1) is 0 Å². The van der Waals surface area contributed by atoms with E-state index in [1.807, 2.05) is 24.3 Å². The van der Waals surface area contributed by atoms with Gasteiger partial charge in [0, 0.05) is 42.6 Å². The van der Waals surface area contributed by atoms with Crippen LogP contribution in [0.5, 0.6) is 0 Å². The van der Waals surface area contributed by atoms with E-state index in [0.29, 0.717) is 43.6 Å². The largest absolute Gasteiger partial charge is 0.379 e. The summed E-state index contributed by atoms with van der Waals surface area (Å²) in [5.74, 6) is -0.283. The molecule has 1 N–H and O–H groups in total. The third kappa shape index (κ3) is 5.00. The Morgan fingerprint density at radius 2 is 1.67 bits per heavy atom. The van der Waals surface area contributed by atoms with E-state index < -0.39 is 10.0 Å². The maximum atomic E-state index is 12.7. The van der Waals surface area contributed by atoms with Crippen molar-refractivity contribution in [3.8, 4) is 0 Å². The van der Waals surface area contributed by atoms with Crippen molar-refractivity contribution >= 4 is 27.3 Å². The van der Waals surface area contributed by atoms with Crippen molar-refractivity contribution in [3.05, 3.63) is 54.1 Å². The third-order valence-electron chi connectivity index (χ3n) is 5.15. The van der Waals surface area contributed by atoms with Gasteiger partial charge in [-0.1, -0.05) is 0 Å². The molecule has 0 atom stereocenters. The van der Waals surface area contributed by atoms with Gasteiger partial charge in [0.15, 0.2) is 0 Å². The van der Waals surface area contributed by atoms with Crippen molar-refractivity contribution in [1.82, 2.24) is 4.31 Å². The van der Waals surface area contributed by atoms with Gasteiger partial charge in [0.2, 0.25) is 10.0 Å². The van der Waals surface area contributed by atoms with Gasteiger partial charge in [0.1, 0.15) is 0 Å². The van der Waals surface area contributed by atoms with Crippen LogP contribution in [0.1, 0.15) is 31.1 Å². The molecule has 1 aliphatic heterocycles. The van der Waals surface area contributed by atoms with Gasteiger partial charge >= 0.3 is 0 Å². The quantitative estimate of drug-likeness (QED) is 0.728. The highest BCUT2D eigenvalue weighted by molar-refractivity contribution is 7.89. The predicted octanol–water partition coefficient (Wildman–Crippen LogP) is 3.19. The van der Waals surface area contributed by atoms with Gasteiger partial charge in [-0.3, -0.25) is 4.79 Å². The molecule has 1 fully saturated rings. The number of ether oxygens (including phenoxy) is 1. The minimum absolute atomic E-state index is 0.179. The Morgan fingerprint density at radius 1 is 1.07 bits per heavy atom. The monoisotopic (exact) mass is 431 g/mol. The maximum absolute atomic E-state index is 12.7. The van der Waals surface area contributed by atoms with Gasteiger partial charge < -0.3 is 15.0 Å². The summed E-state index contributed by atoms with van der Waals surface area (Å²) in [5.41, 5.74) is 2.19. The van der Waals surface area contributed by atoms with Gasteiger partial charge in [0.05, 0.1) is 18.1 Å². The number of rotatable bonds is 7. The zero-order valence-corrected chi connectivity index (χ0v) is 18.5. The van der Waals surface area contributed by atoms with E-state index in [1.54, 1.807) is 0 Å². The van der Waals surface area contributed by atoms with Crippen LogP contribution in [-0.2, 0) is 14.8 Å². The van der Waals surface area contributed by atoms with E-state index in [1.165, 1.54) is 28.6 Å². The number of sulfonamides is 1. The van der Waals surface area contributed by atoms with Crippen LogP contribution in [0.4, 0.5) is 11.4 Å². The fourth-order valence-corrected chi connectivity index (χ4v) is 4.91. The van der Waals surface area contributed by atoms with Crippen molar-refractivity contribution in [2.45, 2.75) is 31.7 Å². The number of morpholine rings is 1. The zero-order chi connectivity index (χ0) is 21.7. The number of carbonyl (C=O) groups is 1. The first-order valence-corrected chi connectivity index (χ1v) is 11.6. The summed E-state index contributed by atoms with van der Waals surface area (Å²) in [6, 6.07) is 14.1. The summed E-state index contributed by atoms with van der Waals surface area (Å²) in [4.78, 5) is 15.0. The molecular formula is C22H29N3O4S. The molecule has 0 radical (unpaired) electrons. The molecule has 0 bridgehead atoms. The highest BCUT2D eigenvalue weighted by Gasteiger charge is 2.26. The number of amides is 1. The van der Waals surface area contributed by atoms with Crippen LogP contribution in [0.2, 0.25) is 0 Å². The lowest BCUT2D eigenvalue weighted by molar-refractivity contribution is 0.0730. The molecule has 162 valence electrons. The van der Waals surface area contributed by atoms with E-state index in [0.717, 1.165) is 12.2 Å². The van der Waals surface area contributed by atoms with E-state index in [9.17, 15) is 13.2 Å². The number of hydrogen-bond acceptors (Lipinski definition) is 5. The Labute approximate surface area is 178 Å². The predicted molar refractivity (Wildman–Crippen MR) is 119 cm³/mol. The summed E-state index contributed by atoms with van der Waals surface area (Å²) in [6.07, 6.45) is 0. The van der Waals surface area contributed by atoms with Crippen molar-refractivity contribution in [2.24, 2.45) is 0 Å². The molecule has 0 spiro atoms. The molecule has 2 aromatic rings. The first-order valence-electron chi connectivity index (χ1n) is 10.2. The number of nitrogens with one attached hydrogen (secondary N) is 1. The fourth-order valence-electron chi connectivity index (χ4n) is 3.50. The molecule has 2 aromatic carbocycles. The van der Waals surface area contributed by atoms with Crippen LogP contribution < -0.4 is 10.2 Å². The van der Waals surface area contributed by atoms with E-state index in [-0.39, 0.29) is 10.8 Å². The Balaban J connectivity index is 1.67. The smallest absolute Gasteiger partial charge is 0.255 e. The Kier molecular flexibility index (Phi) is 7.12. The molecule has 0 aliphatic carbocycles. The summed E-state index contributed by atoms with van der Waals surface area (Å²) < 4.78 is 32.0. The van der Waals surface area contributed by atoms with Crippen molar-refractivity contribution in [1.29, 1.82) is 0 Å². The number of nitrogens with zero attached hydrogens (tertiary/aromatic N) is 2. The molecule has 1 aliphatic rings. The lowest BCUT2D eigenvalue weighted by Crippen LogP contribution is -2.40. The minimum Gasteiger partial charge on any atom is -0.379 e. The SMILES string of the molecule is CCN(c1ccc(NC(=O)c2ccc(S(=O)(=O)N3CCOCC3)cc2)cc1)C(C)C. The van der Waals surface area contributed by atoms with E-state index in [2.05, 4.69) is 31.0 Å². The standard InChI is InChI=1S/C22H29N3O4S/c1-4-25(17(2)3)20-9-7-19(8-10-20)23-22(26)18-5-11-21(12-6-18)30(27,28)24-13-15-29-16-14-24/h5-12,17H,4,13-16H2,1-3H3,(H,23,26). The second-order valence-corrected chi connectivity index (χ2v) is 9.36. The van der Waals surface area contributed by atoms with Crippen LogP contribution >= 0.6 is 0 Å². The third-order valence-corrected chi connectivity index (χ3v) is 7.06. The first kappa shape index (κ1) is 22.3. The maximum Gasteiger partial charge on any atom is 0.255 e. The summed E-state index contributed by atoms with van der Waals surface area (Å²) >= 11 is 0. The van der Waals surface area contributed by atoms with E-state index >= 15 is 0 Å². The van der Waals surface area contributed by atoms with E-state index in [4.69, 9.17) is 4.74 Å². The van der Waals surface area contributed by atoms with Crippen LogP contribution in [-0.4, -0.2) is 57.5 Å². The molecule has 0 aromatic heterocycles. The van der Waals surface area contributed by atoms with Gasteiger partial charge in [-0.15, -0.1) is 0 Å². The lowest BCUT2D eigenvalue weighted by Gasteiger charge is -2.27. The topological polar surface area (TPSA) is 79.0 Å². The molecule has 0 saturated carbocycles. The van der Waals surface area contributed by atoms with Gasteiger partial charge in [0.25, 0.3) is 5.91 Å². The average Bonchev–Trinajstić information content (AvgIpc) is 2.76. The molecule has 30 heavy (non-hydrogen) atoms. The summed E-state index contributed by atoms with van der Waals surface area (Å²) in [5, 5.41) is 2.86. The molecule has 3 rings (SSSR count). The second kappa shape index (κ2) is 9.59. The lowest BCUT2D eigenvalue weighted by atomic mass is 10.2. The second-order valence-electron chi connectivity index (χ2n) is 7.42. The summed E-state index contributed by atoms with van der Waals surface area (Å²) in [7, 11) is -3.57. The Morgan fingerprint density at radius 3 is 2.20 bits per heavy atom. The number of anilines is 2. The van der Waals surface area contributed by atoms with Gasteiger partial charge in [-0.2, -0.15) is 4.31 Å². The molecule has 8 heteroatoms. The molecule has 1 saturated heterocycles. The van der Waals surface area contributed by atoms with Gasteiger partial charge in [-0.05, 0) is 69.3 Å². The zero-order valence-electron chi connectivity index (χ0n) is 17.7. The minimum atomic E-state index is -3.57. The van der Waals surface area contributed by atoms with Crippen molar-refractivity contribution in [2.75, 3.05) is 43.1 Å². The van der Waals surface area contributed by atoms with Crippen molar-refractivity contribution in [3.63, 3.8) is 0 Å². The normalized spacial score (nSPS) is 15.2. The molecule has 1 heterocycles. The number of hydrogen-bond donors (Lipinski definition) is 1. The fraction of sp³-hybridized carbons (Fsp3) is 0.409. The van der Waals surface area contributed by atoms with Crippen LogP contribution in [0.15, 0.2) is 53.4 Å². The Hall–Kier alpha value is -2.42. The highest BCUT2D eigenvalue weighted by atomic mass is 32.2. The number of benzene rings is 2. The van der Waals surface area contributed by atoms with Gasteiger partial charge in [-0.25, -0.2) is 8.42 Å². The molecular weight excluding hydrogens is 402 g/mol. The van der Waals surface area contributed by atoms with Crippen molar-refractivity contribution < 1.29 is 17.9 Å². The molecule has 0 unspecified atom stereocenters. The summed E-state index contributed by atoms with van der Waals surface area (Å²) in [6.45, 7) is 8.77. The highest BCUT2D eigenvalue weighted by Crippen LogP contribution is 2.21.